The van der Waals surface area contributed by atoms with Crippen molar-refractivity contribution >= 4 is 29.4 Å². The van der Waals surface area contributed by atoms with Crippen LogP contribution in [0.3, 0.4) is 0 Å². The van der Waals surface area contributed by atoms with Gasteiger partial charge in [0.1, 0.15) is 6.04 Å². The van der Waals surface area contributed by atoms with E-state index in [-0.39, 0.29) is 0 Å². The zero-order valence-corrected chi connectivity index (χ0v) is 11.5. The molecule has 6 heteroatoms. The zero-order chi connectivity index (χ0) is 14.5. The van der Waals surface area contributed by atoms with Crippen molar-refractivity contribution in [2.45, 2.75) is 6.04 Å². The molecule has 20 heavy (non-hydrogen) atoms. The number of benzene rings is 1. The first-order valence-electron chi connectivity index (χ1n) is 6.06. The molecular formula is C14H14N2O3S. The second-order valence-electron chi connectivity index (χ2n) is 4.28. The number of carboxylic acids is 1. The van der Waals surface area contributed by atoms with Crippen LogP contribution in [0.15, 0.2) is 24.3 Å². The lowest BCUT2D eigenvalue weighted by Crippen LogP contribution is -2.51. The maximum atomic E-state index is 12.2. The van der Waals surface area contributed by atoms with Gasteiger partial charge in [-0.3, -0.25) is 0 Å². The average molecular weight is 290 g/mol. The van der Waals surface area contributed by atoms with Crippen LogP contribution in [0.1, 0.15) is 5.56 Å². The predicted molar refractivity (Wildman–Crippen MR) is 78.9 cm³/mol. The van der Waals surface area contributed by atoms with Gasteiger partial charge >= 0.3 is 12.0 Å². The van der Waals surface area contributed by atoms with Crippen molar-refractivity contribution in [3.63, 3.8) is 0 Å². The Kier molecular flexibility index (Phi) is 4.53. The number of terminal acetylenes is 1. The van der Waals surface area contributed by atoms with Crippen molar-refractivity contribution in [3.05, 3.63) is 29.8 Å². The van der Waals surface area contributed by atoms with E-state index in [0.717, 1.165) is 5.75 Å². The van der Waals surface area contributed by atoms with Crippen molar-refractivity contribution < 1.29 is 14.7 Å². The molecule has 2 rings (SSSR count). The molecule has 0 aliphatic carbocycles. The fraction of sp³-hybridized carbons (Fsp3) is 0.286. The Labute approximate surface area is 121 Å². The topological polar surface area (TPSA) is 69.6 Å². The third-order valence-electron chi connectivity index (χ3n) is 2.95. The minimum atomic E-state index is -0.982. The minimum absolute atomic E-state index is 0.410. The molecule has 0 saturated carbocycles. The number of rotatable bonds is 2. The fourth-order valence-electron chi connectivity index (χ4n) is 1.93. The molecule has 1 aromatic carbocycles. The van der Waals surface area contributed by atoms with E-state index >= 15 is 0 Å². The van der Waals surface area contributed by atoms with Crippen LogP contribution in [0, 0.1) is 12.3 Å². The number of carbonyl (C=O) groups is 2. The van der Waals surface area contributed by atoms with E-state index in [1.165, 1.54) is 16.7 Å². The van der Waals surface area contributed by atoms with Crippen LogP contribution < -0.4 is 5.32 Å². The summed E-state index contributed by atoms with van der Waals surface area (Å²) in [5, 5.41) is 11.8. The van der Waals surface area contributed by atoms with Gasteiger partial charge in [0.05, 0.1) is 0 Å². The molecule has 0 aromatic heterocycles. The number of nitrogens with one attached hydrogen (secondary N) is 1. The summed E-state index contributed by atoms with van der Waals surface area (Å²) in [4.78, 5) is 24.7. The first-order chi connectivity index (χ1) is 9.61. The summed E-state index contributed by atoms with van der Waals surface area (Å²) in [5.41, 5.74) is 1.22. The zero-order valence-electron chi connectivity index (χ0n) is 10.7. The van der Waals surface area contributed by atoms with E-state index in [2.05, 4.69) is 11.2 Å². The molecule has 2 amide bonds. The summed E-state index contributed by atoms with van der Waals surface area (Å²) in [5.74, 6) is 2.65. The number of anilines is 1. The van der Waals surface area contributed by atoms with Crippen molar-refractivity contribution in [2.75, 3.05) is 23.4 Å². The number of aliphatic carboxylic acids is 1. The lowest BCUT2D eigenvalue weighted by Gasteiger charge is -2.32. The molecule has 0 bridgehead atoms. The molecule has 1 aliphatic rings. The first-order valence-corrected chi connectivity index (χ1v) is 7.22. The first kappa shape index (κ1) is 14.3. The van der Waals surface area contributed by atoms with Crippen LogP contribution in [-0.2, 0) is 4.79 Å². The summed E-state index contributed by atoms with van der Waals surface area (Å²) < 4.78 is 0. The molecule has 5 nitrogen and oxygen atoms in total. The highest BCUT2D eigenvalue weighted by atomic mass is 32.2. The van der Waals surface area contributed by atoms with Crippen LogP contribution in [0.2, 0.25) is 0 Å². The smallest absolute Gasteiger partial charge is 0.327 e. The highest BCUT2D eigenvalue weighted by Crippen LogP contribution is 2.18. The van der Waals surface area contributed by atoms with Gasteiger partial charge in [-0.05, 0) is 18.2 Å². The quantitative estimate of drug-likeness (QED) is 0.813. The number of amides is 2. The summed E-state index contributed by atoms with van der Waals surface area (Å²) in [6.07, 6.45) is 5.30. The normalized spacial score (nSPS) is 18.1. The number of urea groups is 1. The van der Waals surface area contributed by atoms with Gasteiger partial charge in [0.2, 0.25) is 0 Å². The van der Waals surface area contributed by atoms with E-state index < -0.39 is 18.0 Å². The Morgan fingerprint density at radius 3 is 3.00 bits per heavy atom. The third kappa shape index (κ3) is 3.25. The Morgan fingerprint density at radius 1 is 1.50 bits per heavy atom. The predicted octanol–water partition coefficient (Wildman–Crippen LogP) is 1.70. The summed E-state index contributed by atoms with van der Waals surface area (Å²) in [6, 6.07) is 5.69. The van der Waals surface area contributed by atoms with E-state index in [1.807, 2.05) is 0 Å². The largest absolute Gasteiger partial charge is 0.480 e. The monoisotopic (exact) mass is 290 g/mol. The second kappa shape index (κ2) is 6.35. The van der Waals surface area contributed by atoms with Crippen molar-refractivity contribution in [1.29, 1.82) is 0 Å². The third-order valence-corrected chi connectivity index (χ3v) is 3.98. The molecule has 1 fully saturated rings. The van der Waals surface area contributed by atoms with Gasteiger partial charge in [-0.1, -0.05) is 12.0 Å². The van der Waals surface area contributed by atoms with Gasteiger partial charge in [-0.2, -0.15) is 11.8 Å². The van der Waals surface area contributed by atoms with Gasteiger partial charge in [0, 0.05) is 29.3 Å². The molecule has 104 valence electrons. The van der Waals surface area contributed by atoms with E-state index in [1.54, 1.807) is 24.3 Å². The van der Waals surface area contributed by atoms with Gasteiger partial charge < -0.3 is 15.3 Å². The SMILES string of the molecule is C#Cc1cccc(NC(=O)N2CCSCC2C(=O)O)c1. The molecule has 1 aromatic rings. The average Bonchev–Trinajstić information content (AvgIpc) is 2.47. The van der Waals surface area contributed by atoms with Crippen molar-refractivity contribution in [1.82, 2.24) is 4.90 Å². The van der Waals surface area contributed by atoms with Crippen LogP contribution in [0.25, 0.3) is 0 Å². The Morgan fingerprint density at radius 2 is 2.30 bits per heavy atom. The van der Waals surface area contributed by atoms with Gasteiger partial charge in [-0.25, -0.2) is 9.59 Å². The highest BCUT2D eigenvalue weighted by molar-refractivity contribution is 7.99. The molecule has 1 aliphatic heterocycles. The van der Waals surface area contributed by atoms with Crippen LogP contribution in [0.5, 0.6) is 0 Å². The molecule has 1 saturated heterocycles. The molecule has 0 radical (unpaired) electrons. The lowest BCUT2D eigenvalue weighted by atomic mass is 10.2. The summed E-state index contributed by atoms with van der Waals surface area (Å²) in [6.45, 7) is 0.419. The number of carboxylic acid groups (broad SMARTS) is 1. The number of nitrogens with zero attached hydrogens (tertiary/aromatic N) is 1. The number of thioether (sulfide) groups is 1. The van der Waals surface area contributed by atoms with Gasteiger partial charge in [-0.15, -0.1) is 6.42 Å². The standard InChI is InChI=1S/C14H14N2O3S/c1-2-10-4-3-5-11(8-10)15-14(19)16-6-7-20-9-12(16)13(17)18/h1,3-5,8,12H,6-7,9H2,(H,15,19)(H,17,18). The molecule has 2 N–H and O–H groups in total. The lowest BCUT2D eigenvalue weighted by molar-refractivity contribution is -0.141. The maximum absolute atomic E-state index is 12.2. The van der Waals surface area contributed by atoms with Crippen LogP contribution in [-0.4, -0.2) is 46.1 Å². The van der Waals surface area contributed by atoms with Gasteiger partial charge in [0.15, 0.2) is 0 Å². The Bertz CT molecular complexity index is 568. The molecular weight excluding hydrogens is 276 g/mol. The minimum Gasteiger partial charge on any atom is -0.480 e. The van der Waals surface area contributed by atoms with E-state index in [0.29, 0.717) is 23.5 Å². The molecule has 1 heterocycles. The summed E-state index contributed by atoms with van der Waals surface area (Å²) >= 11 is 1.54. The highest BCUT2D eigenvalue weighted by Gasteiger charge is 2.32. The van der Waals surface area contributed by atoms with E-state index in [9.17, 15) is 9.59 Å². The Hall–Kier alpha value is -2.13. The van der Waals surface area contributed by atoms with Crippen LogP contribution in [0.4, 0.5) is 10.5 Å². The fourth-order valence-corrected chi connectivity index (χ4v) is 2.97. The molecule has 0 spiro atoms. The molecule has 1 atom stereocenters. The number of hydrogen-bond acceptors (Lipinski definition) is 3. The van der Waals surface area contributed by atoms with Crippen molar-refractivity contribution in [2.24, 2.45) is 0 Å². The second-order valence-corrected chi connectivity index (χ2v) is 5.43. The number of carbonyl (C=O) groups excluding carboxylic acids is 1. The Balaban J connectivity index is 2.10. The van der Waals surface area contributed by atoms with E-state index in [4.69, 9.17) is 11.5 Å². The van der Waals surface area contributed by atoms with Gasteiger partial charge in [0.25, 0.3) is 0 Å². The van der Waals surface area contributed by atoms with Crippen LogP contribution >= 0.6 is 11.8 Å². The molecule has 1 unspecified atom stereocenters. The summed E-state index contributed by atoms with van der Waals surface area (Å²) in [7, 11) is 0. The maximum Gasteiger partial charge on any atom is 0.327 e. The van der Waals surface area contributed by atoms with Crippen molar-refractivity contribution in [3.8, 4) is 12.3 Å². The number of hydrogen-bond donors (Lipinski definition) is 2.